The molecule has 0 aliphatic heterocycles. The fourth-order valence-corrected chi connectivity index (χ4v) is 0.664. The number of hydrogen-bond donors (Lipinski definition) is 0. The second-order valence-corrected chi connectivity index (χ2v) is 3.54. The largest absolute Gasteiger partial charge is 0.468 e. The van der Waals surface area contributed by atoms with Crippen molar-refractivity contribution in [2.75, 3.05) is 13.4 Å². The summed E-state index contributed by atoms with van der Waals surface area (Å²) in [6.07, 6.45) is 1.83. The van der Waals surface area contributed by atoms with Crippen LogP contribution >= 0.6 is 27.7 Å². The first-order valence-electron chi connectivity index (χ1n) is 1.97. The van der Waals surface area contributed by atoms with E-state index in [-0.39, 0.29) is 10.1 Å². The molecule has 0 rings (SSSR count). The third kappa shape index (κ3) is 2.57. The summed E-state index contributed by atoms with van der Waals surface area (Å²) >= 11 is 4.49. The minimum absolute atomic E-state index is 0.215. The van der Waals surface area contributed by atoms with Crippen molar-refractivity contribution in [3.63, 3.8) is 0 Å². The van der Waals surface area contributed by atoms with Gasteiger partial charge in [0.2, 0.25) is 0 Å². The van der Waals surface area contributed by atoms with Crippen LogP contribution < -0.4 is 0 Å². The van der Waals surface area contributed by atoms with Gasteiger partial charge in [-0.3, -0.25) is 0 Å². The lowest BCUT2D eigenvalue weighted by Gasteiger charge is -2.00. The summed E-state index contributed by atoms with van der Waals surface area (Å²) in [6, 6.07) is 0. The van der Waals surface area contributed by atoms with Gasteiger partial charge in [-0.2, -0.15) is 0 Å². The zero-order chi connectivity index (χ0) is 6.57. The van der Waals surface area contributed by atoms with Gasteiger partial charge >= 0.3 is 5.97 Å². The number of carbonyl (C=O) groups excluding carboxylic acids is 1. The third-order valence-electron chi connectivity index (χ3n) is 0.593. The molecule has 0 radical (unpaired) electrons. The van der Waals surface area contributed by atoms with Gasteiger partial charge in [0, 0.05) is 0 Å². The summed E-state index contributed by atoms with van der Waals surface area (Å²) in [4.78, 5) is 10.5. The second-order valence-electron chi connectivity index (χ2n) is 1.07. The summed E-state index contributed by atoms with van der Waals surface area (Å²) in [5, 5.41) is 0. The number of hydrogen-bond acceptors (Lipinski definition) is 3. The van der Waals surface area contributed by atoms with Gasteiger partial charge in [-0.05, 0) is 6.26 Å². The molecule has 1 atom stereocenters. The van der Waals surface area contributed by atoms with Gasteiger partial charge in [-0.25, -0.2) is 4.79 Å². The van der Waals surface area contributed by atoms with Crippen LogP contribution in [-0.2, 0) is 9.53 Å². The number of esters is 1. The molecule has 0 aliphatic rings. The van der Waals surface area contributed by atoms with E-state index < -0.39 is 0 Å². The van der Waals surface area contributed by atoms with E-state index in [4.69, 9.17) is 0 Å². The van der Waals surface area contributed by atoms with E-state index >= 15 is 0 Å². The van der Waals surface area contributed by atoms with Crippen molar-refractivity contribution in [2.24, 2.45) is 0 Å². The van der Waals surface area contributed by atoms with Gasteiger partial charge in [0.15, 0.2) is 4.16 Å². The Morgan fingerprint density at radius 3 is 2.50 bits per heavy atom. The molecular weight excluding hydrogens is 192 g/mol. The topological polar surface area (TPSA) is 26.3 Å². The maximum Gasteiger partial charge on any atom is 0.329 e. The van der Waals surface area contributed by atoms with E-state index in [1.807, 2.05) is 6.26 Å². The van der Waals surface area contributed by atoms with Crippen LogP contribution in [0.5, 0.6) is 0 Å². The molecule has 0 N–H and O–H groups in total. The van der Waals surface area contributed by atoms with E-state index in [1.165, 1.54) is 18.9 Å². The Hall–Kier alpha value is 0.300. The number of methoxy groups -OCH3 is 1. The summed E-state index contributed by atoms with van der Waals surface area (Å²) < 4.78 is 4.18. The monoisotopic (exact) mass is 198 g/mol. The number of carbonyl (C=O) groups is 1. The SMILES string of the molecule is COC(=O)[C@H](Br)SC. The summed E-state index contributed by atoms with van der Waals surface area (Å²) in [5.74, 6) is -0.238. The molecule has 0 saturated carbocycles. The average molecular weight is 199 g/mol. The highest BCUT2D eigenvalue weighted by atomic mass is 79.9. The molecule has 2 nitrogen and oxygen atoms in total. The van der Waals surface area contributed by atoms with E-state index in [9.17, 15) is 4.79 Å². The van der Waals surface area contributed by atoms with Crippen LogP contribution in [-0.4, -0.2) is 23.5 Å². The van der Waals surface area contributed by atoms with Crippen molar-refractivity contribution in [3.05, 3.63) is 0 Å². The maximum absolute atomic E-state index is 10.5. The molecule has 0 aromatic carbocycles. The second kappa shape index (κ2) is 4.21. The number of halogens is 1. The highest BCUT2D eigenvalue weighted by molar-refractivity contribution is 9.11. The minimum Gasteiger partial charge on any atom is -0.468 e. The van der Waals surface area contributed by atoms with E-state index in [1.54, 1.807) is 0 Å². The molecule has 0 spiro atoms. The molecule has 0 saturated heterocycles. The Morgan fingerprint density at radius 1 is 1.88 bits per heavy atom. The molecule has 0 aromatic heterocycles. The van der Waals surface area contributed by atoms with Crippen molar-refractivity contribution < 1.29 is 9.53 Å². The van der Waals surface area contributed by atoms with Crippen LogP contribution in [0, 0.1) is 0 Å². The van der Waals surface area contributed by atoms with Gasteiger partial charge in [-0.1, -0.05) is 15.9 Å². The molecule has 0 heterocycles. The molecule has 0 bridgehead atoms. The van der Waals surface area contributed by atoms with Gasteiger partial charge in [0.1, 0.15) is 0 Å². The van der Waals surface area contributed by atoms with Crippen LogP contribution in [0.4, 0.5) is 0 Å². The van der Waals surface area contributed by atoms with Crippen LogP contribution in [0.15, 0.2) is 0 Å². The quantitative estimate of drug-likeness (QED) is 0.494. The summed E-state index contributed by atoms with van der Waals surface area (Å²) in [7, 11) is 1.37. The predicted octanol–water partition coefficient (Wildman–Crippen LogP) is 1.24. The first-order valence-corrected chi connectivity index (χ1v) is 4.17. The zero-order valence-electron chi connectivity index (χ0n) is 4.68. The lowest BCUT2D eigenvalue weighted by Crippen LogP contribution is -2.10. The minimum atomic E-state index is -0.238. The number of rotatable bonds is 2. The summed E-state index contributed by atoms with van der Waals surface area (Å²) in [6.45, 7) is 0. The third-order valence-corrected chi connectivity index (χ3v) is 2.70. The van der Waals surface area contributed by atoms with Gasteiger partial charge in [0.25, 0.3) is 0 Å². The van der Waals surface area contributed by atoms with Crippen LogP contribution in [0.2, 0.25) is 0 Å². The van der Waals surface area contributed by atoms with Gasteiger partial charge < -0.3 is 4.74 Å². The Labute approximate surface area is 61.1 Å². The Balaban J connectivity index is 3.46. The smallest absolute Gasteiger partial charge is 0.329 e. The number of thioether (sulfide) groups is 1. The van der Waals surface area contributed by atoms with E-state index in [2.05, 4.69) is 20.7 Å². The Morgan fingerprint density at radius 2 is 2.38 bits per heavy atom. The van der Waals surface area contributed by atoms with Crippen molar-refractivity contribution in [1.29, 1.82) is 0 Å². The molecule has 4 heteroatoms. The normalized spacial score (nSPS) is 12.9. The van der Waals surface area contributed by atoms with Crippen molar-refractivity contribution in [2.45, 2.75) is 4.16 Å². The average Bonchev–Trinajstić information content (AvgIpc) is 1.84. The highest BCUT2D eigenvalue weighted by Gasteiger charge is 2.11. The van der Waals surface area contributed by atoms with Gasteiger partial charge in [0.05, 0.1) is 7.11 Å². The molecule has 0 aliphatic carbocycles. The van der Waals surface area contributed by atoms with Crippen LogP contribution in [0.25, 0.3) is 0 Å². The first kappa shape index (κ1) is 8.30. The van der Waals surface area contributed by atoms with Gasteiger partial charge in [-0.15, -0.1) is 11.8 Å². The molecule has 0 amide bonds. The first-order chi connectivity index (χ1) is 3.72. The standard InChI is InChI=1S/C4H7BrO2S/c1-7-4(6)3(5)8-2/h3H,1-2H3/t3-/m1/s1. The van der Waals surface area contributed by atoms with Crippen LogP contribution in [0.3, 0.4) is 0 Å². The van der Waals surface area contributed by atoms with Crippen molar-refractivity contribution >= 4 is 33.7 Å². The molecule has 0 unspecified atom stereocenters. The predicted molar refractivity (Wildman–Crippen MR) is 38.2 cm³/mol. The van der Waals surface area contributed by atoms with Crippen LogP contribution in [0.1, 0.15) is 0 Å². The molecule has 48 valence electrons. The Bertz CT molecular complexity index is 86.1. The molecular formula is C4H7BrO2S. The maximum atomic E-state index is 10.5. The van der Waals surface area contributed by atoms with Crippen molar-refractivity contribution in [3.8, 4) is 0 Å². The fraction of sp³-hybridized carbons (Fsp3) is 0.750. The molecule has 0 aromatic rings. The molecule has 8 heavy (non-hydrogen) atoms. The summed E-state index contributed by atoms with van der Waals surface area (Å²) in [5.41, 5.74) is 0. The number of ether oxygens (including phenoxy) is 1. The van der Waals surface area contributed by atoms with E-state index in [0.29, 0.717) is 0 Å². The highest BCUT2D eigenvalue weighted by Crippen LogP contribution is 2.14. The lowest BCUT2D eigenvalue weighted by molar-refractivity contribution is -0.138. The molecule has 0 fully saturated rings. The lowest BCUT2D eigenvalue weighted by atomic mass is 10.8. The van der Waals surface area contributed by atoms with E-state index in [0.717, 1.165) is 0 Å². The number of alkyl halides is 1. The fourth-order valence-electron chi connectivity index (χ4n) is 0.189. The van der Waals surface area contributed by atoms with Crippen molar-refractivity contribution in [1.82, 2.24) is 0 Å². The zero-order valence-corrected chi connectivity index (χ0v) is 7.08. The Kier molecular flexibility index (Phi) is 4.36.